The molecule has 0 radical (unpaired) electrons. The molecule has 2 aromatic rings. The second kappa shape index (κ2) is 6.48. The van der Waals surface area contributed by atoms with Crippen LogP contribution in [0.1, 0.15) is 5.56 Å². The van der Waals surface area contributed by atoms with E-state index in [9.17, 15) is 5.11 Å². The monoisotopic (exact) mass is 219 g/mol. The van der Waals surface area contributed by atoms with E-state index in [0.717, 1.165) is 5.69 Å². The van der Waals surface area contributed by atoms with Gasteiger partial charge in [0.15, 0.2) is 0 Å². The van der Waals surface area contributed by atoms with Gasteiger partial charge < -0.3 is 5.11 Å². The fraction of sp³-hybridized carbons (Fsp3) is 0. The van der Waals surface area contributed by atoms with E-state index < -0.39 is 0 Å². The molecule has 0 atom stereocenters. The van der Waals surface area contributed by atoms with Crippen LogP contribution in [0.2, 0.25) is 0 Å². The molecule has 2 aromatic carbocycles. The number of para-hydroxylation sites is 2. The second-order valence-electron chi connectivity index (χ2n) is 3.13. The Hall–Kier alpha value is -1.09. The Labute approximate surface area is 117 Å². The van der Waals surface area contributed by atoms with Gasteiger partial charge in [-0.2, -0.15) is 0 Å². The minimum atomic E-state index is -0.00261. The normalized spacial score (nSPS) is 10.0. The van der Waals surface area contributed by atoms with E-state index in [2.05, 4.69) is 4.99 Å². The third kappa shape index (κ3) is 3.49. The molecule has 0 fully saturated rings. The van der Waals surface area contributed by atoms with E-state index in [1.165, 1.54) is 6.07 Å². The van der Waals surface area contributed by atoms with E-state index in [1.54, 1.807) is 18.3 Å². The Balaban J connectivity index is 0.00000128. The number of benzene rings is 2. The SMILES string of the molecule is [Na+].[O-]c1ccccc1C=Nc1ccccc1. The summed E-state index contributed by atoms with van der Waals surface area (Å²) < 4.78 is 0. The Morgan fingerprint density at radius 1 is 0.875 bits per heavy atom. The number of hydrogen-bond acceptors (Lipinski definition) is 2. The van der Waals surface area contributed by atoms with Gasteiger partial charge in [-0.1, -0.05) is 42.5 Å². The van der Waals surface area contributed by atoms with E-state index in [4.69, 9.17) is 0 Å². The first-order chi connectivity index (χ1) is 7.36. The first-order valence-electron chi connectivity index (χ1n) is 4.71. The summed E-state index contributed by atoms with van der Waals surface area (Å²) in [5.74, 6) is -0.00261. The Kier molecular flexibility index (Phi) is 5.26. The second-order valence-corrected chi connectivity index (χ2v) is 3.13. The van der Waals surface area contributed by atoms with Gasteiger partial charge in [0.25, 0.3) is 0 Å². The van der Waals surface area contributed by atoms with Gasteiger partial charge in [0.1, 0.15) is 0 Å². The summed E-state index contributed by atoms with van der Waals surface area (Å²) in [5.41, 5.74) is 1.46. The molecule has 0 aromatic heterocycles. The molecule has 0 amide bonds. The van der Waals surface area contributed by atoms with Gasteiger partial charge in [-0.3, -0.25) is 4.99 Å². The Morgan fingerprint density at radius 3 is 2.19 bits per heavy atom. The summed E-state index contributed by atoms with van der Waals surface area (Å²) in [4.78, 5) is 4.21. The van der Waals surface area contributed by atoms with Crippen molar-refractivity contribution in [1.82, 2.24) is 0 Å². The van der Waals surface area contributed by atoms with Gasteiger partial charge in [0.2, 0.25) is 0 Å². The summed E-state index contributed by atoms with van der Waals surface area (Å²) in [6.07, 6.45) is 1.59. The van der Waals surface area contributed by atoms with Crippen LogP contribution < -0.4 is 34.7 Å². The van der Waals surface area contributed by atoms with Crippen molar-refractivity contribution in [3.63, 3.8) is 0 Å². The van der Waals surface area contributed by atoms with Gasteiger partial charge in [0.05, 0.1) is 5.69 Å². The molecule has 0 aliphatic heterocycles. The fourth-order valence-electron chi connectivity index (χ4n) is 1.25. The van der Waals surface area contributed by atoms with Crippen molar-refractivity contribution in [2.45, 2.75) is 0 Å². The van der Waals surface area contributed by atoms with Crippen LogP contribution in [-0.2, 0) is 0 Å². The van der Waals surface area contributed by atoms with Crippen molar-refractivity contribution in [1.29, 1.82) is 0 Å². The topological polar surface area (TPSA) is 35.4 Å². The van der Waals surface area contributed by atoms with Gasteiger partial charge in [-0.25, -0.2) is 0 Å². The van der Waals surface area contributed by atoms with Gasteiger partial charge in [0, 0.05) is 6.21 Å². The zero-order valence-electron chi connectivity index (χ0n) is 9.13. The molecule has 2 rings (SSSR count). The van der Waals surface area contributed by atoms with Crippen LogP contribution >= 0.6 is 0 Å². The molecule has 0 heterocycles. The van der Waals surface area contributed by atoms with Crippen LogP contribution in [0.25, 0.3) is 0 Å². The average Bonchev–Trinajstić information content (AvgIpc) is 2.29. The van der Waals surface area contributed by atoms with Crippen LogP contribution in [0.4, 0.5) is 5.69 Å². The maximum absolute atomic E-state index is 11.3. The smallest absolute Gasteiger partial charge is 0.872 e. The van der Waals surface area contributed by atoms with Gasteiger partial charge >= 0.3 is 29.6 Å². The molecule has 0 aliphatic rings. The number of nitrogens with zero attached hydrogens (tertiary/aromatic N) is 1. The van der Waals surface area contributed by atoms with E-state index in [1.807, 2.05) is 36.4 Å². The minimum Gasteiger partial charge on any atom is -0.872 e. The largest absolute Gasteiger partial charge is 1.00 e. The molecular formula is C13H10NNaO. The van der Waals surface area contributed by atoms with E-state index >= 15 is 0 Å². The minimum absolute atomic E-state index is 0. The molecule has 16 heavy (non-hydrogen) atoms. The average molecular weight is 219 g/mol. The van der Waals surface area contributed by atoms with Gasteiger partial charge in [-0.05, 0) is 17.7 Å². The number of aliphatic imine (C=N–C) groups is 1. The molecule has 0 unspecified atom stereocenters. The summed E-state index contributed by atoms with van der Waals surface area (Å²) >= 11 is 0. The third-order valence-corrected chi connectivity index (χ3v) is 2.03. The van der Waals surface area contributed by atoms with Crippen LogP contribution in [0.5, 0.6) is 5.75 Å². The van der Waals surface area contributed by atoms with Crippen molar-refractivity contribution >= 4 is 11.9 Å². The van der Waals surface area contributed by atoms with Crippen molar-refractivity contribution in [3.05, 3.63) is 60.2 Å². The molecule has 0 saturated carbocycles. The predicted molar refractivity (Wildman–Crippen MR) is 59.6 cm³/mol. The summed E-state index contributed by atoms with van der Waals surface area (Å²) in [6, 6.07) is 16.4. The van der Waals surface area contributed by atoms with Gasteiger partial charge in [-0.15, -0.1) is 5.75 Å². The van der Waals surface area contributed by atoms with Crippen molar-refractivity contribution in [2.24, 2.45) is 4.99 Å². The molecular weight excluding hydrogens is 209 g/mol. The summed E-state index contributed by atoms with van der Waals surface area (Å²) in [5, 5.41) is 11.3. The van der Waals surface area contributed by atoms with Crippen molar-refractivity contribution in [2.75, 3.05) is 0 Å². The third-order valence-electron chi connectivity index (χ3n) is 2.03. The van der Waals surface area contributed by atoms with Crippen LogP contribution in [-0.4, -0.2) is 6.21 Å². The van der Waals surface area contributed by atoms with Crippen LogP contribution in [0.3, 0.4) is 0 Å². The van der Waals surface area contributed by atoms with Crippen molar-refractivity contribution in [3.8, 4) is 5.75 Å². The van der Waals surface area contributed by atoms with E-state index in [-0.39, 0.29) is 35.3 Å². The zero-order valence-corrected chi connectivity index (χ0v) is 11.1. The molecule has 3 heteroatoms. The Morgan fingerprint density at radius 2 is 1.50 bits per heavy atom. The summed E-state index contributed by atoms with van der Waals surface area (Å²) in [7, 11) is 0. The summed E-state index contributed by atoms with van der Waals surface area (Å²) in [6.45, 7) is 0. The first-order valence-corrected chi connectivity index (χ1v) is 4.71. The Bertz CT molecular complexity index is 468. The van der Waals surface area contributed by atoms with Crippen LogP contribution in [0, 0.1) is 0 Å². The molecule has 0 bridgehead atoms. The van der Waals surface area contributed by atoms with Crippen LogP contribution in [0.15, 0.2) is 59.6 Å². The quantitative estimate of drug-likeness (QED) is 0.496. The molecule has 2 nitrogen and oxygen atoms in total. The standard InChI is InChI=1S/C13H11NO.Na/c15-13-9-5-4-6-11(13)10-14-12-7-2-1-3-8-12;/h1-10,15H;/q;+1/p-1. The first kappa shape index (κ1) is 13.0. The molecule has 0 spiro atoms. The maximum Gasteiger partial charge on any atom is 1.00 e. The number of rotatable bonds is 2. The van der Waals surface area contributed by atoms with E-state index in [0.29, 0.717) is 5.56 Å². The number of hydrogen-bond donors (Lipinski definition) is 0. The molecule has 0 aliphatic carbocycles. The molecule has 0 saturated heterocycles. The molecule has 74 valence electrons. The predicted octanol–water partition coefficient (Wildman–Crippen LogP) is -0.485. The zero-order chi connectivity index (χ0) is 10.5. The fourth-order valence-corrected chi connectivity index (χ4v) is 1.25. The molecule has 0 N–H and O–H groups in total. The van der Waals surface area contributed by atoms with Crippen molar-refractivity contribution < 1.29 is 34.7 Å². The maximum atomic E-state index is 11.3.